The Hall–Kier alpha value is -1.98. The van der Waals surface area contributed by atoms with Gasteiger partial charge in [0, 0.05) is 48.2 Å². The first-order valence-corrected chi connectivity index (χ1v) is 8.77. The van der Waals surface area contributed by atoms with Crippen molar-refractivity contribution < 1.29 is 0 Å². The third-order valence-electron chi connectivity index (χ3n) is 3.98. The van der Waals surface area contributed by atoms with Crippen LogP contribution in [0.5, 0.6) is 0 Å². The second-order valence-electron chi connectivity index (χ2n) is 5.69. The zero-order valence-electron chi connectivity index (χ0n) is 13.6. The Kier molecular flexibility index (Phi) is 5.20. The van der Waals surface area contributed by atoms with Gasteiger partial charge in [-0.25, -0.2) is 9.97 Å². The van der Waals surface area contributed by atoms with Crippen molar-refractivity contribution in [2.45, 2.75) is 39.4 Å². The van der Waals surface area contributed by atoms with Crippen LogP contribution in [0.2, 0.25) is 0 Å². The molecule has 0 aliphatic heterocycles. The highest BCUT2D eigenvalue weighted by molar-refractivity contribution is 7.15. The number of hydrogen-bond donors (Lipinski definition) is 1. The van der Waals surface area contributed by atoms with Crippen LogP contribution in [0.4, 0.5) is 0 Å². The average Bonchev–Trinajstić information content (AvgIpc) is 3.23. The van der Waals surface area contributed by atoms with Crippen molar-refractivity contribution in [1.82, 2.24) is 19.9 Å². The second-order valence-corrected chi connectivity index (χ2v) is 6.81. The van der Waals surface area contributed by atoms with Crippen molar-refractivity contribution in [2.75, 3.05) is 0 Å². The maximum Gasteiger partial charge on any atom is 0.123 e. The van der Waals surface area contributed by atoms with E-state index in [0.29, 0.717) is 6.04 Å². The van der Waals surface area contributed by atoms with Crippen LogP contribution in [0.1, 0.15) is 23.8 Å². The standard InChI is InChI=1S/C18H22N4S/c1-3-15(12-22-9-8-19-13-22)20-10-16-11-21-18(23-16)17-7-5-4-6-14(17)2/h4-9,11,13,15,20H,3,10,12H2,1-2H3/t15-/m1/s1. The van der Waals surface area contributed by atoms with Crippen LogP contribution < -0.4 is 5.32 Å². The molecule has 0 aliphatic rings. The lowest BCUT2D eigenvalue weighted by molar-refractivity contribution is 0.436. The Morgan fingerprint density at radius 2 is 2.17 bits per heavy atom. The van der Waals surface area contributed by atoms with Gasteiger partial charge in [-0.15, -0.1) is 11.3 Å². The molecule has 0 unspecified atom stereocenters. The van der Waals surface area contributed by atoms with Gasteiger partial charge in [0.25, 0.3) is 0 Å². The fourth-order valence-corrected chi connectivity index (χ4v) is 3.51. The molecule has 3 aromatic rings. The van der Waals surface area contributed by atoms with Crippen molar-refractivity contribution in [3.05, 3.63) is 59.6 Å². The topological polar surface area (TPSA) is 42.7 Å². The molecule has 3 rings (SSSR count). The van der Waals surface area contributed by atoms with Gasteiger partial charge >= 0.3 is 0 Å². The van der Waals surface area contributed by atoms with Gasteiger partial charge < -0.3 is 9.88 Å². The summed E-state index contributed by atoms with van der Waals surface area (Å²) in [6, 6.07) is 8.84. The summed E-state index contributed by atoms with van der Waals surface area (Å²) in [4.78, 5) is 9.96. The molecule has 0 spiro atoms. The van der Waals surface area contributed by atoms with Gasteiger partial charge in [-0.1, -0.05) is 31.2 Å². The Balaban J connectivity index is 1.61. The first kappa shape index (κ1) is 15.9. The van der Waals surface area contributed by atoms with Gasteiger partial charge in [-0.3, -0.25) is 0 Å². The van der Waals surface area contributed by atoms with E-state index in [0.717, 1.165) is 24.5 Å². The van der Waals surface area contributed by atoms with Crippen molar-refractivity contribution in [3.63, 3.8) is 0 Å². The summed E-state index contributed by atoms with van der Waals surface area (Å²) in [5.41, 5.74) is 2.50. The molecule has 0 saturated carbocycles. The molecule has 0 amide bonds. The van der Waals surface area contributed by atoms with E-state index in [4.69, 9.17) is 0 Å². The smallest absolute Gasteiger partial charge is 0.123 e. The van der Waals surface area contributed by atoms with E-state index in [9.17, 15) is 0 Å². The minimum atomic E-state index is 0.438. The van der Waals surface area contributed by atoms with E-state index < -0.39 is 0 Å². The van der Waals surface area contributed by atoms with Crippen LogP contribution in [-0.4, -0.2) is 20.6 Å². The Bertz CT molecular complexity index is 733. The molecule has 1 atom stereocenters. The summed E-state index contributed by atoms with van der Waals surface area (Å²) in [5.74, 6) is 0. The predicted octanol–water partition coefficient (Wildman–Crippen LogP) is 3.88. The van der Waals surface area contributed by atoms with E-state index >= 15 is 0 Å². The van der Waals surface area contributed by atoms with Gasteiger partial charge in [0.05, 0.1) is 6.33 Å². The van der Waals surface area contributed by atoms with Crippen LogP contribution in [0.15, 0.2) is 49.2 Å². The Morgan fingerprint density at radius 1 is 1.30 bits per heavy atom. The van der Waals surface area contributed by atoms with Crippen molar-refractivity contribution in [3.8, 4) is 10.6 Å². The lowest BCUT2D eigenvalue weighted by Crippen LogP contribution is -2.31. The molecular weight excluding hydrogens is 304 g/mol. The maximum absolute atomic E-state index is 4.59. The summed E-state index contributed by atoms with van der Waals surface area (Å²) in [6.45, 7) is 6.14. The molecule has 0 fully saturated rings. The average molecular weight is 326 g/mol. The molecule has 0 saturated heterocycles. The summed E-state index contributed by atoms with van der Waals surface area (Å²) in [5, 5.41) is 4.72. The zero-order chi connectivity index (χ0) is 16.1. The van der Waals surface area contributed by atoms with E-state index in [1.54, 1.807) is 11.3 Å². The molecule has 2 aromatic heterocycles. The molecule has 4 nitrogen and oxygen atoms in total. The van der Waals surface area contributed by atoms with E-state index in [1.807, 2.05) is 24.9 Å². The second kappa shape index (κ2) is 7.53. The van der Waals surface area contributed by atoms with Gasteiger partial charge in [-0.05, 0) is 18.9 Å². The zero-order valence-corrected chi connectivity index (χ0v) is 14.4. The number of hydrogen-bond acceptors (Lipinski definition) is 4. The van der Waals surface area contributed by atoms with Gasteiger partial charge in [0.2, 0.25) is 0 Å². The summed E-state index contributed by atoms with van der Waals surface area (Å²) in [6.07, 6.45) is 8.77. The molecule has 0 aliphatic carbocycles. The quantitative estimate of drug-likeness (QED) is 0.716. The molecular formula is C18H22N4S. The van der Waals surface area contributed by atoms with Crippen LogP contribution >= 0.6 is 11.3 Å². The van der Waals surface area contributed by atoms with Crippen molar-refractivity contribution >= 4 is 11.3 Å². The molecule has 120 valence electrons. The van der Waals surface area contributed by atoms with Gasteiger partial charge in [-0.2, -0.15) is 0 Å². The van der Waals surface area contributed by atoms with Crippen molar-refractivity contribution in [2.24, 2.45) is 0 Å². The molecule has 5 heteroatoms. The van der Waals surface area contributed by atoms with E-state index in [2.05, 4.69) is 58.0 Å². The predicted molar refractivity (Wildman–Crippen MR) is 95.4 cm³/mol. The number of aromatic nitrogens is 3. The molecule has 23 heavy (non-hydrogen) atoms. The number of nitrogens with zero attached hydrogens (tertiary/aromatic N) is 3. The maximum atomic E-state index is 4.59. The fraction of sp³-hybridized carbons (Fsp3) is 0.333. The van der Waals surface area contributed by atoms with Gasteiger partial charge in [0.15, 0.2) is 0 Å². The minimum Gasteiger partial charge on any atom is -0.336 e. The number of aryl methyl sites for hydroxylation is 1. The highest BCUT2D eigenvalue weighted by Crippen LogP contribution is 2.27. The van der Waals surface area contributed by atoms with Crippen LogP contribution in [0.3, 0.4) is 0 Å². The third-order valence-corrected chi connectivity index (χ3v) is 5.01. The normalized spacial score (nSPS) is 12.4. The van der Waals surface area contributed by atoms with Gasteiger partial charge in [0.1, 0.15) is 5.01 Å². The highest BCUT2D eigenvalue weighted by Gasteiger charge is 2.10. The molecule has 0 radical (unpaired) electrons. The first-order valence-electron chi connectivity index (χ1n) is 7.96. The van der Waals surface area contributed by atoms with E-state index in [-0.39, 0.29) is 0 Å². The van der Waals surface area contributed by atoms with Crippen LogP contribution in [0, 0.1) is 6.92 Å². The molecule has 1 N–H and O–H groups in total. The van der Waals surface area contributed by atoms with Crippen LogP contribution in [-0.2, 0) is 13.1 Å². The SMILES string of the molecule is CC[C@H](Cn1ccnc1)NCc1cnc(-c2ccccc2C)s1. The lowest BCUT2D eigenvalue weighted by Gasteiger charge is -2.16. The number of nitrogens with one attached hydrogen (secondary N) is 1. The van der Waals surface area contributed by atoms with Crippen LogP contribution in [0.25, 0.3) is 10.6 Å². The number of benzene rings is 1. The van der Waals surface area contributed by atoms with Crippen molar-refractivity contribution in [1.29, 1.82) is 0 Å². The number of thiazole rings is 1. The molecule has 1 aromatic carbocycles. The summed E-state index contributed by atoms with van der Waals surface area (Å²) < 4.78 is 2.12. The largest absolute Gasteiger partial charge is 0.336 e. The first-order chi connectivity index (χ1) is 11.3. The Morgan fingerprint density at radius 3 is 2.91 bits per heavy atom. The molecule has 2 heterocycles. The highest BCUT2D eigenvalue weighted by atomic mass is 32.1. The number of rotatable bonds is 7. The summed E-state index contributed by atoms with van der Waals surface area (Å²) in [7, 11) is 0. The van der Waals surface area contributed by atoms with E-state index in [1.165, 1.54) is 16.0 Å². The monoisotopic (exact) mass is 326 g/mol. The fourth-order valence-electron chi connectivity index (χ4n) is 2.56. The third kappa shape index (κ3) is 4.06. The summed E-state index contributed by atoms with van der Waals surface area (Å²) >= 11 is 1.77. The number of imidazole rings is 1. The minimum absolute atomic E-state index is 0.438. The lowest BCUT2D eigenvalue weighted by atomic mass is 10.1. The molecule has 0 bridgehead atoms. The Labute approximate surface area is 141 Å².